The maximum atomic E-state index is 12.6. The fourth-order valence-electron chi connectivity index (χ4n) is 2.92. The molecule has 1 aromatic heterocycles. The van der Waals surface area contributed by atoms with Gasteiger partial charge in [0.05, 0.1) is 11.1 Å². The molecule has 0 bridgehead atoms. The molecule has 0 unspecified atom stereocenters. The minimum absolute atomic E-state index is 0. The van der Waals surface area contributed by atoms with Gasteiger partial charge in [0, 0.05) is 38.0 Å². The number of thiazole rings is 1. The van der Waals surface area contributed by atoms with E-state index in [9.17, 15) is 13.2 Å². The van der Waals surface area contributed by atoms with E-state index in [0.29, 0.717) is 43.2 Å². The topological polar surface area (TPSA) is 58.5 Å². The molecule has 1 heterocycles. The molecule has 1 aliphatic carbocycles. The largest absolute Gasteiger partial charge is 0.434 e. The van der Waals surface area contributed by atoms with Crippen molar-refractivity contribution in [3.63, 3.8) is 0 Å². The number of rotatable bonds is 9. The van der Waals surface area contributed by atoms with Crippen molar-refractivity contribution >= 4 is 41.3 Å². The van der Waals surface area contributed by atoms with E-state index in [1.54, 1.807) is 0 Å². The number of aliphatic imine (C=N–C) groups is 1. The second-order valence-electron chi connectivity index (χ2n) is 6.55. The first-order chi connectivity index (χ1) is 13.0. The highest BCUT2D eigenvalue weighted by atomic mass is 127. The summed E-state index contributed by atoms with van der Waals surface area (Å²) < 4.78 is 43.6. The summed E-state index contributed by atoms with van der Waals surface area (Å²) >= 11 is 1.03. The average molecular weight is 534 g/mol. The van der Waals surface area contributed by atoms with Crippen LogP contribution in [0.4, 0.5) is 13.2 Å². The van der Waals surface area contributed by atoms with Crippen molar-refractivity contribution < 1.29 is 17.9 Å². The highest BCUT2D eigenvalue weighted by Crippen LogP contribution is 2.30. The molecule has 2 rings (SSSR count). The zero-order valence-electron chi connectivity index (χ0n) is 16.2. The Balaban J connectivity index is 0.00000392. The molecular weight excluding hydrogens is 504 g/mol. The van der Waals surface area contributed by atoms with Crippen LogP contribution >= 0.6 is 35.3 Å². The Hall–Kier alpha value is -0.620. The van der Waals surface area contributed by atoms with Gasteiger partial charge in [-0.25, -0.2) is 4.98 Å². The van der Waals surface area contributed by atoms with Crippen LogP contribution in [0.15, 0.2) is 10.4 Å². The third kappa shape index (κ3) is 9.73. The van der Waals surface area contributed by atoms with Crippen molar-refractivity contribution in [2.75, 3.05) is 26.2 Å². The number of nitrogens with one attached hydrogen (secondary N) is 2. The lowest BCUT2D eigenvalue weighted by Gasteiger charge is -2.21. The number of alkyl halides is 3. The second kappa shape index (κ2) is 13.6. The van der Waals surface area contributed by atoms with Crippen LogP contribution in [0.1, 0.15) is 56.2 Å². The molecule has 2 N–H and O–H groups in total. The Morgan fingerprint density at radius 3 is 2.68 bits per heavy atom. The smallest absolute Gasteiger partial charge is 0.378 e. The molecular formula is C18H30F3IN4OS. The Morgan fingerprint density at radius 1 is 1.29 bits per heavy atom. The molecule has 10 heteroatoms. The van der Waals surface area contributed by atoms with Crippen LogP contribution < -0.4 is 10.6 Å². The van der Waals surface area contributed by atoms with Gasteiger partial charge in [0.15, 0.2) is 11.7 Å². The molecule has 0 saturated heterocycles. The lowest BCUT2D eigenvalue weighted by molar-refractivity contribution is -0.140. The summed E-state index contributed by atoms with van der Waals surface area (Å²) in [6.07, 6.45) is 3.50. The number of aromatic nitrogens is 1. The fraction of sp³-hybridized carbons (Fsp3) is 0.778. The van der Waals surface area contributed by atoms with Gasteiger partial charge in [0.25, 0.3) is 0 Å². The summed E-state index contributed by atoms with van der Waals surface area (Å²) in [7, 11) is 0. The number of nitrogens with zero attached hydrogens (tertiary/aromatic N) is 2. The molecule has 0 amide bonds. The third-order valence-corrected chi connectivity index (χ3v) is 5.20. The summed E-state index contributed by atoms with van der Waals surface area (Å²) in [5.41, 5.74) is -0.818. The molecule has 0 aromatic carbocycles. The van der Waals surface area contributed by atoms with Gasteiger partial charge in [-0.05, 0) is 26.2 Å². The van der Waals surface area contributed by atoms with Gasteiger partial charge in [-0.1, -0.05) is 19.3 Å². The molecule has 162 valence electrons. The Labute approximate surface area is 186 Å². The van der Waals surface area contributed by atoms with E-state index in [2.05, 4.69) is 20.6 Å². The summed E-state index contributed by atoms with van der Waals surface area (Å²) in [4.78, 5) is 8.12. The SMILES string of the molecule is CCNC(=NCCCOC1CCCCC1)NCCc1nc(C(F)(F)F)cs1.I. The van der Waals surface area contributed by atoms with Gasteiger partial charge in [-0.3, -0.25) is 4.99 Å². The summed E-state index contributed by atoms with van der Waals surface area (Å²) in [6.45, 7) is 4.54. The molecule has 1 saturated carbocycles. The Kier molecular flexibility index (Phi) is 12.3. The van der Waals surface area contributed by atoms with Gasteiger partial charge in [-0.2, -0.15) is 13.2 Å². The lowest BCUT2D eigenvalue weighted by atomic mass is 9.98. The number of hydrogen-bond acceptors (Lipinski definition) is 4. The molecule has 0 aliphatic heterocycles. The molecule has 1 fully saturated rings. The second-order valence-corrected chi connectivity index (χ2v) is 7.49. The standard InChI is InChI=1S/C18H29F3N4OS.HI/c1-2-22-17(23-10-6-12-26-14-7-4-3-5-8-14)24-11-9-16-25-15(13-27-16)18(19,20)21;/h13-14H,2-12H2,1H3,(H2,22,23,24);1H. The zero-order valence-corrected chi connectivity index (χ0v) is 19.3. The average Bonchev–Trinajstić information content (AvgIpc) is 3.11. The van der Waals surface area contributed by atoms with E-state index in [-0.39, 0.29) is 24.0 Å². The highest BCUT2D eigenvalue weighted by Gasteiger charge is 2.33. The first-order valence-electron chi connectivity index (χ1n) is 9.64. The van der Waals surface area contributed by atoms with Crippen LogP contribution in [0.3, 0.4) is 0 Å². The van der Waals surface area contributed by atoms with Gasteiger partial charge >= 0.3 is 6.18 Å². The first-order valence-corrected chi connectivity index (χ1v) is 10.5. The number of hydrogen-bond donors (Lipinski definition) is 2. The number of guanidine groups is 1. The van der Waals surface area contributed by atoms with Crippen LogP contribution in [0.5, 0.6) is 0 Å². The molecule has 1 aliphatic rings. The summed E-state index contributed by atoms with van der Waals surface area (Å²) in [6, 6.07) is 0. The normalized spacial score (nSPS) is 15.9. The summed E-state index contributed by atoms with van der Waals surface area (Å²) in [5.74, 6) is 0.669. The van der Waals surface area contributed by atoms with Crippen LogP contribution in [0, 0.1) is 0 Å². The van der Waals surface area contributed by atoms with E-state index in [1.807, 2.05) is 6.92 Å². The number of halogens is 4. The van der Waals surface area contributed by atoms with Crippen LogP contribution in [-0.4, -0.2) is 43.3 Å². The molecule has 0 radical (unpaired) electrons. The van der Waals surface area contributed by atoms with E-state index in [4.69, 9.17) is 4.74 Å². The van der Waals surface area contributed by atoms with Gasteiger partial charge in [-0.15, -0.1) is 35.3 Å². The van der Waals surface area contributed by atoms with Crippen molar-refractivity contribution in [2.45, 2.75) is 64.1 Å². The van der Waals surface area contributed by atoms with Gasteiger partial charge in [0.1, 0.15) is 0 Å². The fourth-order valence-corrected chi connectivity index (χ4v) is 3.73. The van der Waals surface area contributed by atoms with Crippen LogP contribution in [0.2, 0.25) is 0 Å². The lowest BCUT2D eigenvalue weighted by Crippen LogP contribution is -2.38. The van der Waals surface area contributed by atoms with Gasteiger partial charge < -0.3 is 15.4 Å². The van der Waals surface area contributed by atoms with Crippen molar-refractivity contribution in [3.05, 3.63) is 16.1 Å². The van der Waals surface area contributed by atoms with E-state index in [0.717, 1.165) is 29.7 Å². The van der Waals surface area contributed by atoms with Crippen molar-refractivity contribution in [2.24, 2.45) is 4.99 Å². The van der Waals surface area contributed by atoms with Crippen molar-refractivity contribution in [1.29, 1.82) is 0 Å². The Morgan fingerprint density at radius 2 is 2.04 bits per heavy atom. The van der Waals surface area contributed by atoms with E-state index < -0.39 is 11.9 Å². The predicted octanol–water partition coefficient (Wildman–Crippen LogP) is 4.62. The maximum absolute atomic E-state index is 12.6. The van der Waals surface area contributed by atoms with Gasteiger partial charge in [0.2, 0.25) is 0 Å². The predicted molar refractivity (Wildman–Crippen MR) is 118 cm³/mol. The number of ether oxygens (including phenoxy) is 1. The minimum Gasteiger partial charge on any atom is -0.378 e. The molecule has 1 aromatic rings. The van der Waals surface area contributed by atoms with Crippen LogP contribution in [-0.2, 0) is 17.3 Å². The molecule has 0 spiro atoms. The Bertz CT molecular complexity index is 577. The molecule has 28 heavy (non-hydrogen) atoms. The highest BCUT2D eigenvalue weighted by molar-refractivity contribution is 14.0. The monoisotopic (exact) mass is 534 g/mol. The van der Waals surface area contributed by atoms with Crippen molar-refractivity contribution in [1.82, 2.24) is 15.6 Å². The van der Waals surface area contributed by atoms with E-state index in [1.165, 1.54) is 32.1 Å². The molecule has 0 atom stereocenters. The minimum atomic E-state index is -4.38. The van der Waals surface area contributed by atoms with Crippen molar-refractivity contribution in [3.8, 4) is 0 Å². The zero-order chi connectivity index (χ0) is 19.5. The quantitative estimate of drug-likeness (QED) is 0.210. The summed E-state index contributed by atoms with van der Waals surface area (Å²) in [5, 5.41) is 7.80. The van der Waals surface area contributed by atoms with Crippen LogP contribution in [0.25, 0.3) is 0 Å². The molecule has 5 nitrogen and oxygen atoms in total. The maximum Gasteiger partial charge on any atom is 0.434 e. The third-order valence-electron chi connectivity index (χ3n) is 4.30. The van der Waals surface area contributed by atoms with E-state index >= 15 is 0 Å². The first kappa shape index (κ1) is 25.4.